The van der Waals surface area contributed by atoms with Crippen molar-refractivity contribution in [3.8, 4) is 0 Å². The van der Waals surface area contributed by atoms with Crippen molar-refractivity contribution < 1.29 is 4.79 Å². The van der Waals surface area contributed by atoms with Gasteiger partial charge in [0.2, 0.25) is 5.91 Å². The molecule has 1 aliphatic heterocycles. The summed E-state index contributed by atoms with van der Waals surface area (Å²) in [5.41, 5.74) is 5.25. The van der Waals surface area contributed by atoms with Crippen LogP contribution in [0.5, 0.6) is 0 Å². The van der Waals surface area contributed by atoms with Gasteiger partial charge in [-0.1, -0.05) is 31.2 Å². The van der Waals surface area contributed by atoms with Crippen LogP contribution < -0.4 is 0 Å². The summed E-state index contributed by atoms with van der Waals surface area (Å²) >= 11 is 1.68. The lowest BCUT2D eigenvalue weighted by Crippen LogP contribution is -2.38. The second-order valence-electron chi connectivity index (χ2n) is 7.45. The first-order chi connectivity index (χ1) is 13.8. The van der Waals surface area contributed by atoms with Gasteiger partial charge < -0.3 is 9.88 Å². The van der Waals surface area contributed by atoms with E-state index in [2.05, 4.69) is 47.4 Å². The van der Waals surface area contributed by atoms with Crippen molar-refractivity contribution in [2.24, 2.45) is 0 Å². The second-order valence-corrected chi connectivity index (χ2v) is 8.43. The van der Waals surface area contributed by atoms with Gasteiger partial charge in [-0.2, -0.15) is 0 Å². The van der Waals surface area contributed by atoms with E-state index in [1.807, 2.05) is 17.2 Å². The molecule has 2 aromatic heterocycles. The molecule has 4 rings (SSSR count). The Kier molecular flexibility index (Phi) is 6.01. The van der Waals surface area contributed by atoms with Crippen molar-refractivity contribution in [2.45, 2.75) is 37.9 Å². The maximum Gasteiger partial charge on any atom is 0.232 e. The van der Waals surface area contributed by atoms with Gasteiger partial charge in [0.05, 0.1) is 5.75 Å². The van der Waals surface area contributed by atoms with E-state index < -0.39 is 0 Å². The molecule has 0 aliphatic carbocycles. The lowest BCUT2D eigenvalue weighted by atomic mass is 9.89. The molecule has 4 nitrogen and oxygen atoms in total. The predicted molar refractivity (Wildman–Crippen MR) is 117 cm³/mol. The number of aromatic amines is 1. The Morgan fingerprint density at radius 1 is 1.25 bits per heavy atom. The zero-order valence-corrected chi connectivity index (χ0v) is 17.2. The number of amides is 1. The number of hydrogen-bond acceptors (Lipinski definition) is 3. The quantitative estimate of drug-likeness (QED) is 0.657. The monoisotopic (exact) mass is 393 g/mol. The molecule has 0 atom stereocenters. The largest absolute Gasteiger partial charge is 0.361 e. The minimum Gasteiger partial charge on any atom is -0.361 e. The predicted octanol–water partition coefficient (Wildman–Crippen LogP) is 4.76. The number of H-pyrrole nitrogens is 1. The van der Waals surface area contributed by atoms with Gasteiger partial charge in [0.25, 0.3) is 0 Å². The van der Waals surface area contributed by atoms with E-state index >= 15 is 0 Å². The van der Waals surface area contributed by atoms with Crippen molar-refractivity contribution in [1.82, 2.24) is 14.9 Å². The highest BCUT2D eigenvalue weighted by Crippen LogP contribution is 2.34. The van der Waals surface area contributed by atoms with Crippen LogP contribution in [0.3, 0.4) is 0 Å². The van der Waals surface area contributed by atoms with Gasteiger partial charge in [0.15, 0.2) is 0 Å². The summed E-state index contributed by atoms with van der Waals surface area (Å²) in [6.45, 7) is 3.92. The topological polar surface area (TPSA) is 49.0 Å². The molecule has 0 spiro atoms. The number of nitrogens with zero attached hydrogens (tertiary/aromatic N) is 2. The van der Waals surface area contributed by atoms with E-state index in [0.717, 1.165) is 38.1 Å². The Balaban J connectivity index is 1.31. The molecule has 3 heterocycles. The van der Waals surface area contributed by atoms with Crippen molar-refractivity contribution in [3.05, 3.63) is 65.6 Å². The molecular formula is C23H27N3OS. The van der Waals surface area contributed by atoms with Crippen LogP contribution >= 0.6 is 11.8 Å². The highest BCUT2D eigenvalue weighted by molar-refractivity contribution is 7.99. The van der Waals surface area contributed by atoms with E-state index in [1.165, 1.54) is 27.6 Å². The standard InChI is InChI=1S/C23H27N3OS/c1-2-18-6-3-7-20-21(14-25-23(18)20)19-8-11-26(12-9-19)22(27)16-28-15-17-5-4-10-24-13-17/h3-7,10,13-14,19,25H,2,8-9,11-12,15-16H2,1H3. The first kappa shape index (κ1) is 19.1. The van der Waals surface area contributed by atoms with Crippen LogP contribution in [0.1, 0.15) is 42.4 Å². The van der Waals surface area contributed by atoms with E-state index in [-0.39, 0.29) is 5.91 Å². The van der Waals surface area contributed by atoms with E-state index in [4.69, 9.17) is 0 Å². The van der Waals surface area contributed by atoms with Crippen molar-refractivity contribution in [3.63, 3.8) is 0 Å². The van der Waals surface area contributed by atoms with Gasteiger partial charge in [-0.15, -0.1) is 11.8 Å². The average molecular weight is 394 g/mol. The molecule has 0 bridgehead atoms. The number of fused-ring (bicyclic) bond motifs is 1. The number of thioether (sulfide) groups is 1. The van der Waals surface area contributed by atoms with Gasteiger partial charge in [-0.3, -0.25) is 9.78 Å². The number of aromatic nitrogens is 2. The Morgan fingerprint density at radius 2 is 2.11 bits per heavy atom. The van der Waals surface area contributed by atoms with E-state index in [1.54, 1.807) is 18.0 Å². The average Bonchev–Trinajstić information content (AvgIpc) is 3.19. The van der Waals surface area contributed by atoms with Crippen LogP contribution in [0.4, 0.5) is 0 Å². The number of hydrogen-bond donors (Lipinski definition) is 1. The van der Waals surface area contributed by atoms with Crippen LogP contribution in [-0.4, -0.2) is 39.6 Å². The second kappa shape index (κ2) is 8.82. The molecule has 146 valence electrons. The number of pyridine rings is 1. The molecule has 1 amide bonds. The molecule has 1 saturated heterocycles. The molecule has 5 heteroatoms. The summed E-state index contributed by atoms with van der Waals surface area (Å²) in [6.07, 6.45) is 8.97. The first-order valence-electron chi connectivity index (χ1n) is 10.1. The van der Waals surface area contributed by atoms with Crippen LogP contribution in [0.15, 0.2) is 48.9 Å². The smallest absolute Gasteiger partial charge is 0.232 e. The number of carbonyl (C=O) groups is 1. The lowest BCUT2D eigenvalue weighted by Gasteiger charge is -2.32. The number of benzene rings is 1. The summed E-state index contributed by atoms with van der Waals surface area (Å²) in [7, 11) is 0. The fourth-order valence-corrected chi connectivity index (χ4v) is 5.01. The highest BCUT2D eigenvalue weighted by Gasteiger charge is 2.25. The zero-order chi connectivity index (χ0) is 19.3. The third-order valence-electron chi connectivity index (χ3n) is 5.72. The number of nitrogens with one attached hydrogen (secondary N) is 1. The SMILES string of the molecule is CCc1cccc2c(C3CCN(C(=O)CSCc4cccnc4)CC3)c[nH]c12. The van der Waals surface area contributed by atoms with Crippen molar-refractivity contribution in [2.75, 3.05) is 18.8 Å². The molecule has 3 aromatic rings. The van der Waals surface area contributed by atoms with Gasteiger partial charge in [0, 0.05) is 48.3 Å². The summed E-state index contributed by atoms with van der Waals surface area (Å²) in [5, 5.41) is 1.36. The van der Waals surface area contributed by atoms with Gasteiger partial charge in [-0.05, 0) is 47.9 Å². The summed E-state index contributed by atoms with van der Waals surface area (Å²) in [4.78, 5) is 22.2. The van der Waals surface area contributed by atoms with Crippen LogP contribution in [0.2, 0.25) is 0 Å². The minimum absolute atomic E-state index is 0.263. The maximum atomic E-state index is 12.6. The zero-order valence-electron chi connectivity index (χ0n) is 16.4. The van der Waals surface area contributed by atoms with Crippen LogP contribution in [-0.2, 0) is 17.0 Å². The number of carbonyl (C=O) groups excluding carboxylic acids is 1. The molecule has 0 unspecified atom stereocenters. The van der Waals surface area contributed by atoms with Crippen molar-refractivity contribution >= 4 is 28.6 Å². The molecule has 1 fully saturated rings. The third kappa shape index (κ3) is 4.09. The number of para-hydroxylation sites is 1. The lowest BCUT2D eigenvalue weighted by molar-refractivity contribution is -0.129. The molecule has 0 radical (unpaired) electrons. The van der Waals surface area contributed by atoms with Crippen molar-refractivity contribution in [1.29, 1.82) is 0 Å². The summed E-state index contributed by atoms with van der Waals surface area (Å²) < 4.78 is 0. The Labute approximate surface area is 170 Å². The van der Waals surface area contributed by atoms with Crippen LogP contribution in [0, 0.1) is 0 Å². The highest BCUT2D eigenvalue weighted by atomic mass is 32.2. The van der Waals surface area contributed by atoms with E-state index in [0.29, 0.717) is 11.7 Å². The fourth-order valence-electron chi connectivity index (χ4n) is 4.14. The maximum absolute atomic E-state index is 12.6. The Bertz CT molecular complexity index is 929. The van der Waals surface area contributed by atoms with Gasteiger partial charge in [0.1, 0.15) is 0 Å². The number of aryl methyl sites for hydroxylation is 1. The van der Waals surface area contributed by atoms with Gasteiger partial charge in [-0.25, -0.2) is 0 Å². The molecular weight excluding hydrogens is 366 g/mol. The molecule has 1 aromatic carbocycles. The molecule has 1 aliphatic rings. The number of rotatable bonds is 6. The summed E-state index contributed by atoms with van der Waals surface area (Å²) in [6, 6.07) is 10.6. The molecule has 0 saturated carbocycles. The first-order valence-corrected chi connectivity index (χ1v) is 11.2. The fraction of sp³-hybridized carbons (Fsp3) is 0.391. The van der Waals surface area contributed by atoms with Crippen LogP contribution in [0.25, 0.3) is 10.9 Å². The normalized spacial score (nSPS) is 15.2. The van der Waals surface area contributed by atoms with Gasteiger partial charge >= 0.3 is 0 Å². The number of piperidine rings is 1. The number of likely N-dealkylation sites (tertiary alicyclic amines) is 1. The summed E-state index contributed by atoms with van der Waals surface area (Å²) in [5.74, 6) is 2.19. The Morgan fingerprint density at radius 3 is 2.86 bits per heavy atom. The van der Waals surface area contributed by atoms with E-state index in [9.17, 15) is 4.79 Å². The minimum atomic E-state index is 0.263. The molecule has 28 heavy (non-hydrogen) atoms. The molecule has 1 N–H and O–H groups in total. The Hall–Kier alpha value is -2.27. The third-order valence-corrected chi connectivity index (χ3v) is 6.71.